The summed E-state index contributed by atoms with van der Waals surface area (Å²) < 4.78 is 12.1. The predicted octanol–water partition coefficient (Wildman–Crippen LogP) is 3.88. The van der Waals surface area contributed by atoms with Crippen LogP contribution in [0.15, 0.2) is 51.6 Å². The lowest BCUT2D eigenvalue weighted by atomic mass is 9.74. The van der Waals surface area contributed by atoms with E-state index in [0.29, 0.717) is 0 Å². The van der Waals surface area contributed by atoms with E-state index in [0.717, 1.165) is 49.4 Å². The van der Waals surface area contributed by atoms with Crippen LogP contribution in [0.4, 0.5) is 0 Å². The topological polar surface area (TPSA) is 34.4 Å². The van der Waals surface area contributed by atoms with E-state index >= 15 is 0 Å². The van der Waals surface area contributed by atoms with Crippen molar-refractivity contribution in [2.75, 3.05) is 19.8 Å². The molecule has 0 radical (unpaired) electrons. The summed E-state index contributed by atoms with van der Waals surface area (Å²) in [6, 6.07) is 12.6. The van der Waals surface area contributed by atoms with E-state index in [1.54, 1.807) is 6.26 Å². The van der Waals surface area contributed by atoms with Crippen LogP contribution in [0.3, 0.4) is 0 Å². The summed E-state index contributed by atoms with van der Waals surface area (Å²) in [5.74, 6) is 0.980. The maximum absolute atomic E-state index is 5.57. The van der Waals surface area contributed by atoms with Crippen molar-refractivity contribution < 1.29 is 9.15 Å². The number of nitrogens with one attached hydrogen (secondary N) is 1. The van der Waals surface area contributed by atoms with E-state index < -0.39 is 0 Å². The van der Waals surface area contributed by atoms with Gasteiger partial charge in [0.15, 0.2) is 0 Å². The van der Waals surface area contributed by atoms with Crippen LogP contribution in [0.2, 0.25) is 0 Å². The van der Waals surface area contributed by atoms with Gasteiger partial charge in [0.05, 0.1) is 12.8 Å². The van der Waals surface area contributed by atoms with Crippen molar-refractivity contribution in [3.63, 3.8) is 0 Å². The maximum atomic E-state index is 5.57. The van der Waals surface area contributed by atoms with Gasteiger partial charge in [-0.15, -0.1) is 0 Å². The summed E-state index contributed by atoms with van der Waals surface area (Å²) in [5.41, 5.74) is 1.55. The zero-order valence-corrected chi connectivity index (χ0v) is 13.6. The van der Waals surface area contributed by atoms with Crippen LogP contribution in [0.25, 0.3) is 0 Å². The molecule has 21 heavy (non-hydrogen) atoms. The minimum atomic E-state index is 0.158. The molecule has 0 saturated carbocycles. The summed E-state index contributed by atoms with van der Waals surface area (Å²) in [7, 11) is 0. The number of halogens is 1. The Kier molecular flexibility index (Phi) is 4.78. The summed E-state index contributed by atoms with van der Waals surface area (Å²) in [6.45, 7) is 3.38. The molecular formula is C17H20BrNO2. The van der Waals surface area contributed by atoms with Gasteiger partial charge >= 0.3 is 0 Å². The maximum Gasteiger partial charge on any atom is 0.117 e. The Balaban J connectivity index is 1.71. The second kappa shape index (κ2) is 6.77. The van der Waals surface area contributed by atoms with Crippen molar-refractivity contribution in [3.05, 3.63) is 58.5 Å². The third kappa shape index (κ3) is 3.57. The van der Waals surface area contributed by atoms with E-state index in [1.807, 2.05) is 12.1 Å². The summed E-state index contributed by atoms with van der Waals surface area (Å²) in [5, 5.41) is 3.55. The minimum absolute atomic E-state index is 0.158. The quantitative estimate of drug-likeness (QED) is 0.889. The molecule has 3 rings (SSSR count). The van der Waals surface area contributed by atoms with Crippen LogP contribution in [0.5, 0.6) is 0 Å². The fraction of sp³-hybridized carbons (Fsp3) is 0.412. The lowest BCUT2D eigenvalue weighted by Crippen LogP contribution is -2.42. The third-order valence-electron chi connectivity index (χ3n) is 4.25. The van der Waals surface area contributed by atoms with Crippen molar-refractivity contribution in [1.29, 1.82) is 0 Å². The molecule has 0 spiro atoms. The molecule has 0 bridgehead atoms. The first-order valence-electron chi connectivity index (χ1n) is 7.35. The molecule has 1 saturated heterocycles. The Morgan fingerprint density at radius 1 is 1.10 bits per heavy atom. The van der Waals surface area contributed by atoms with Gasteiger partial charge in [0.25, 0.3) is 0 Å². The normalized spacial score (nSPS) is 17.8. The number of rotatable bonds is 5. The molecular weight excluding hydrogens is 330 g/mol. The highest BCUT2D eigenvalue weighted by molar-refractivity contribution is 9.10. The average molecular weight is 350 g/mol. The van der Waals surface area contributed by atoms with Crippen LogP contribution >= 0.6 is 15.9 Å². The Bertz CT molecular complexity index is 545. The van der Waals surface area contributed by atoms with Crippen LogP contribution in [-0.4, -0.2) is 19.8 Å². The van der Waals surface area contributed by atoms with E-state index in [1.165, 1.54) is 5.56 Å². The van der Waals surface area contributed by atoms with Gasteiger partial charge in [0.1, 0.15) is 5.76 Å². The number of benzene rings is 1. The summed E-state index contributed by atoms with van der Waals surface area (Å²) in [6.07, 6.45) is 3.83. The Hall–Kier alpha value is -1.10. The Labute approximate surface area is 133 Å². The van der Waals surface area contributed by atoms with Crippen LogP contribution < -0.4 is 5.32 Å². The number of furan rings is 1. The highest BCUT2D eigenvalue weighted by Gasteiger charge is 2.34. The lowest BCUT2D eigenvalue weighted by Gasteiger charge is -2.38. The van der Waals surface area contributed by atoms with Crippen LogP contribution in [-0.2, 0) is 16.7 Å². The van der Waals surface area contributed by atoms with E-state index in [9.17, 15) is 0 Å². The fourth-order valence-corrected chi connectivity index (χ4v) is 3.24. The first-order valence-corrected chi connectivity index (χ1v) is 8.15. The fourth-order valence-electron chi connectivity index (χ4n) is 2.97. The van der Waals surface area contributed by atoms with Crippen molar-refractivity contribution in [2.24, 2.45) is 0 Å². The molecule has 2 heterocycles. The predicted molar refractivity (Wildman–Crippen MR) is 86.3 cm³/mol. The van der Waals surface area contributed by atoms with E-state index in [4.69, 9.17) is 9.15 Å². The summed E-state index contributed by atoms with van der Waals surface area (Å²) in [4.78, 5) is 0. The van der Waals surface area contributed by atoms with Gasteiger partial charge in [-0.2, -0.15) is 0 Å². The van der Waals surface area contributed by atoms with Gasteiger partial charge in [-0.3, -0.25) is 0 Å². The van der Waals surface area contributed by atoms with Crippen molar-refractivity contribution in [3.8, 4) is 0 Å². The SMILES string of the molecule is Brc1ccc(C2(CNCc3ccco3)CCOCC2)cc1. The molecule has 0 amide bonds. The third-order valence-corrected chi connectivity index (χ3v) is 4.78. The standard InChI is InChI=1S/C17H20BrNO2/c18-15-5-3-14(4-6-15)17(7-10-20-11-8-17)13-19-12-16-2-1-9-21-16/h1-6,9,19H,7-8,10-13H2. The molecule has 0 aliphatic carbocycles. The molecule has 3 nitrogen and oxygen atoms in total. The molecule has 4 heteroatoms. The molecule has 1 aromatic heterocycles. The number of hydrogen-bond donors (Lipinski definition) is 1. The number of hydrogen-bond acceptors (Lipinski definition) is 3. The van der Waals surface area contributed by atoms with Crippen LogP contribution in [0.1, 0.15) is 24.2 Å². The minimum Gasteiger partial charge on any atom is -0.468 e. The second-order valence-corrected chi connectivity index (χ2v) is 6.50. The first kappa shape index (κ1) is 14.8. The first-order chi connectivity index (χ1) is 10.3. The lowest BCUT2D eigenvalue weighted by molar-refractivity contribution is 0.0496. The molecule has 1 aliphatic rings. The van der Waals surface area contributed by atoms with Gasteiger partial charge < -0.3 is 14.5 Å². The van der Waals surface area contributed by atoms with E-state index in [2.05, 4.69) is 45.5 Å². The van der Waals surface area contributed by atoms with Gasteiger partial charge in [0.2, 0.25) is 0 Å². The Morgan fingerprint density at radius 2 is 1.86 bits per heavy atom. The molecule has 0 atom stereocenters. The van der Waals surface area contributed by atoms with Crippen molar-refractivity contribution >= 4 is 15.9 Å². The number of ether oxygens (including phenoxy) is 1. The van der Waals surface area contributed by atoms with Crippen molar-refractivity contribution in [2.45, 2.75) is 24.8 Å². The molecule has 1 fully saturated rings. The highest BCUT2D eigenvalue weighted by Crippen LogP contribution is 2.35. The van der Waals surface area contributed by atoms with Gasteiger partial charge in [0, 0.05) is 29.6 Å². The monoisotopic (exact) mass is 349 g/mol. The smallest absolute Gasteiger partial charge is 0.117 e. The van der Waals surface area contributed by atoms with Gasteiger partial charge in [-0.05, 0) is 42.7 Å². The zero-order valence-electron chi connectivity index (χ0n) is 12.0. The second-order valence-electron chi connectivity index (χ2n) is 5.58. The average Bonchev–Trinajstić information content (AvgIpc) is 3.02. The molecule has 1 N–H and O–H groups in total. The molecule has 0 unspecified atom stereocenters. The van der Waals surface area contributed by atoms with E-state index in [-0.39, 0.29) is 5.41 Å². The zero-order chi connectivity index (χ0) is 14.5. The summed E-state index contributed by atoms with van der Waals surface area (Å²) >= 11 is 3.51. The van der Waals surface area contributed by atoms with Gasteiger partial charge in [-0.1, -0.05) is 28.1 Å². The van der Waals surface area contributed by atoms with Gasteiger partial charge in [-0.25, -0.2) is 0 Å². The Morgan fingerprint density at radius 3 is 2.52 bits per heavy atom. The highest BCUT2D eigenvalue weighted by atomic mass is 79.9. The van der Waals surface area contributed by atoms with Crippen LogP contribution in [0, 0.1) is 0 Å². The van der Waals surface area contributed by atoms with Crippen molar-refractivity contribution in [1.82, 2.24) is 5.32 Å². The molecule has 2 aromatic rings. The molecule has 1 aliphatic heterocycles. The largest absolute Gasteiger partial charge is 0.468 e. The molecule has 1 aromatic carbocycles. The molecule has 112 valence electrons.